The van der Waals surface area contributed by atoms with Crippen LogP contribution in [0.25, 0.3) is 0 Å². The van der Waals surface area contributed by atoms with Crippen molar-refractivity contribution in [2.24, 2.45) is 0 Å². The van der Waals surface area contributed by atoms with Crippen molar-refractivity contribution >= 4 is 33.7 Å². The number of aryl methyl sites for hydroxylation is 1. The normalized spacial score (nSPS) is 9.21. The minimum atomic E-state index is -0.681. The largest absolute Gasteiger partial charge is 0.276 e. The van der Waals surface area contributed by atoms with E-state index in [1.807, 2.05) is 18.2 Å². The molecule has 19 heavy (non-hydrogen) atoms. The molecule has 0 saturated carbocycles. The maximum atomic E-state index is 10.7. The van der Waals surface area contributed by atoms with Crippen LogP contribution in [0.1, 0.15) is 26.3 Å². The molecule has 0 amide bonds. The molecule has 0 saturated heterocycles. The van der Waals surface area contributed by atoms with E-state index in [4.69, 9.17) is 23.2 Å². The number of rotatable bonds is 2. The van der Waals surface area contributed by atoms with E-state index >= 15 is 0 Å². The van der Waals surface area contributed by atoms with Crippen molar-refractivity contribution in [2.45, 2.75) is 6.92 Å². The summed E-state index contributed by atoms with van der Waals surface area (Å²) in [5.74, 6) is 0. The third-order valence-corrected chi connectivity index (χ3v) is 2.70. The van der Waals surface area contributed by atoms with Gasteiger partial charge in [-0.2, -0.15) is 0 Å². The van der Waals surface area contributed by atoms with Crippen molar-refractivity contribution in [3.05, 3.63) is 71.3 Å². The SMILES string of the molecule is Cc1ccccc1.O=C(Cl)c1ccccc1C(=O)Cl. The highest BCUT2D eigenvalue weighted by atomic mass is 35.5. The zero-order valence-electron chi connectivity index (χ0n) is 10.3. The molecule has 2 nitrogen and oxygen atoms in total. The highest BCUT2D eigenvalue weighted by molar-refractivity contribution is 6.71. The summed E-state index contributed by atoms with van der Waals surface area (Å²) in [6, 6.07) is 16.4. The van der Waals surface area contributed by atoms with Crippen LogP contribution >= 0.6 is 23.2 Å². The number of halogens is 2. The van der Waals surface area contributed by atoms with E-state index in [0.717, 1.165) is 0 Å². The first-order valence-corrected chi connectivity index (χ1v) is 6.28. The fourth-order valence-corrected chi connectivity index (χ4v) is 1.69. The van der Waals surface area contributed by atoms with Crippen LogP contribution in [0.4, 0.5) is 0 Å². The van der Waals surface area contributed by atoms with Gasteiger partial charge in [0.1, 0.15) is 0 Å². The van der Waals surface area contributed by atoms with Crippen molar-refractivity contribution < 1.29 is 9.59 Å². The average molecular weight is 295 g/mol. The van der Waals surface area contributed by atoms with E-state index < -0.39 is 10.5 Å². The number of benzene rings is 2. The molecule has 0 heterocycles. The molecule has 0 fully saturated rings. The van der Waals surface area contributed by atoms with Gasteiger partial charge in [0.2, 0.25) is 0 Å². The first kappa shape index (κ1) is 15.4. The monoisotopic (exact) mass is 294 g/mol. The molecule has 0 N–H and O–H groups in total. The molecule has 0 aliphatic carbocycles. The number of carbonyl (C=O) groups is 2. The van der Waals surface area contributed by atoms with E-state index in [2.05, 4.69) is 19.1 Å². The maximum absolute atomic E-state index is 10.7. The molecule has 98 valence electrons. The Labute approximate surface area is 122 Å². The predicted octanol–water partition coefficient (Wildman–Crippen LogP) is 4.44. The number of hydrogen-bond acceptors (Lipinski definition) is 2. The van der Waals surface area contributed by atoms with Crippen molar-refractivity contribution in [2.75, 3.05) is 0 Å². The Kier molecular flexibility index (Phi) is 6.26. The Morgan fingerprint density at radius 3 is 1.37 bits per heavy atom. The van der Waals surface area contributed by atoms with Crippen LogP contribution in [0.5, 0.6) is 0 Å². The second kappa shape index (κ2) is 7.72. The Balaban J connectivity index is 0.000000218. The van der Waals surface area contributed by atoms with E-state index in [0.29, 0.717) is 0 Å². The van der Waals surface area contributed by atoms with Gasteiger partial charge < -0.3 is 0 Å². The molecule has 0 bridgehead atoms. The minimum absolute atomic E-state index is 0.138. The van der Waals surface area contributed by atoms with Crippen molar-refractivity contribution in [1.29, 1.82) is 0 Å². The molecular formula is C15H12Cl2O2. The molecular weight excluding hydrogens is 283 g/mol. The quantitative estimate of drug-likeness (QED) is 0.767. The summed E-state index contributed by atoms with van der Waals surface area (Å²) in [4.78, 5) is 21.5. The molecule has 0 aliphatic rings. The molecule has 4 heteroatoms. The lowest BCUT2D eigenvalue weighted by Gasteiger charge is -1.98. The zero-order chi connectivity index (χ0) is 14.3. The third kappa shape index (κ3) is 5.25. The summed E-state index contributed by atoms with van der Waals surface area (Å²) in [5, 5.41) is -1.36. The van der Waals surface area contributed by atoms with Crippen LogP contribution in [0.2, 0.25) is 0 Å². The standard InChI is InChI=1S/C8H4Cl2O2.C7H8/c9-7(11)5-3-1-2-4-6(5)8(10)12;1-7-5-3-2-4-6-7/h1-4H;2-6H,1H3. The van der Waals surface area contributed by atoms with Crippen LogP contribution in [-0.2, 0) is 0 Å². The number of hydrogen-bond donors (Lipinski definition) is 0. The van der Waals surface area contributed by atoms with Gasteiger partial charge in [-0.1, -0.05) is 48.0 Å². The highest BCUT2D eigenvalue weighted by Crippen LogP contribution is 2.13. The van der Waals surface area contributed by atoms with Gasteiger partial charge in [-0.25, -0.2) is 0 Å². The summed E-state index contributed by atoms with van der Waals surface area (Å²) in [6.45, 7) is 2.08. The molecule has 0 aromatic heterocycles. The smallest absolute Gasteiger partial charge is 0.253 e. The highest BCUT2D eigenvalue weighted by Gasteiger charge is 2.12. The van der Waals surface area contributed by atoms with Crippen molar-refractivity contribution in [3.8, 4) is 0 Å². The van der Waals surface area contributed by atoms with Gasteiger partial charge in [0.05, 0.1) is 0 Å². The minimum Gasteiger partial charge on any atom is -0.276 e. The van der Waals surface area contributed by atoms with Crippen LogP contribution < -0.4 is 0 Å². The number of carbonyl (C=O) groups excluding carboxylic acids is 2. The van der Waals surface area contributed by atoms with Gasteiger partial charge in [-0.3, -0.25) is 9.59 Å². The van der Waals surface area contributed by atoms with Crippen LogP contribution in [0, 0.1) is 6.92 Å². The molecule has 0 spiro atoms. The molecule has 2 aromatic carbocycles. The van der Waals surface area contributed by atoms with Gasteiger partial charge in [-0.15, -0.1) is 0 Å². The van der Waals surface area contributed by atoms with E-state index in [9.17, 15) is 9.59 Å². The molecule has 0 aliphatic heterocycles. The van der Waals surface area contributed by atoms with E-state index in [-0.39, 0.29) is 11.1 Å². The van der Waals surface area contributed by atoms with Gasteiger partial charge in [-0.05, 0) is 42.3 Å². The van der Waals surface area contributed by atoms with Crippen LogP contribution in [0.3, 0.4) is 0 Å². The fourth-order valence-electron chi connectivity index (χ4n) is 1.36. The van der Waals surface area contributed by atoms with E-state index in [1.54, 1.807) is 12.1 Å². The summed E-state index contributed by atoms with van der Waals surface area (Å²) in [6.07, 6.45) is 0. The lowest BCUT2D eigenvalue weighted by molar-refractivity contribution is 0.105. The average Bonchev–Trinajstić information content (AvgIpc) is 2.40. The van der Waals surface area contributed by atoms with Crippen LogP contribution in [-0.4, -0.2) is 10.5 Å². The van der Waals surface area contributed by atoms with Crippen molar-refractivity contribution in [3.63, 3.8) is 0 Å². The Bertz CT molecular complexity index is 532. The molecule has 0 atom stereocenters. The second-order valence-corrected chi connectivity index (χ2v) is 4.43. The van der Waals surface area contributed by atoms with Gasteiger partial charge in [0.15, 0.2) is 0 Å². The van der Waals surface area contributed by atoms with Gasteiger partial charge in [0.25, 0.3) is 10.5 Å². The molecule has 0 unspecified atom stereocenters. The van der Waals surface area contributed by atoms with Gasteiger partial charge in [0, 0.05) is 11.1 Å². The Hall–Kier alpha value is -1.64. The first-order chi connectivity index (χ1) is 9.02. The van der Waals surface area contributed by atoms with E-state index in [1.165, 1.54) is 17.7 Å². The van der Waals surface area contributed by atoms with Crippen molar-refractivity contribution in [1.82, 2.24) is 0 Å². The predicted molar refractivity (Wildman–Crippen MR) is 78.0 cm³/mol. The first-order valence-electron chi connectivity index (χ1n) is 5.52. The topological polar surface area (TPSA) is 34.1 Å². The fraction of sp³-hybridized carbons (Fsp3) is 0.0667. The summed E-state index contributed by atoms with van der Waals surface area (Å²) >= 11 is 10.4. The van der Waals surface area contributed by atoms with Gasteiger partial charge >= 0.3 is 0 Å². The summed E-state index contributed by atoms with van der Waals surface area (Å²) in [5.41, 5.74) is 1.60. The Morgan fingerprint density at radius 1 is 0.737 bits per heavy atom. The lowest BCUT2D eigenvalue weighted by atomic mass is 10.1. The third-order valence-electron chi connectivity index (χ3n) is 2.29. The lowest BCUT2D eigenvalue weighted by Crippen LogP contribution is -1.99. The molecule has 2 rings (SSSR count). The summed E-state index contributed by atoms with van der Waals surface area (Å²) in [7, 11) is 0. The second-order valence-electron chi connectivity index (χ2n) is 3.75. The molecule has 2 aromatic rings. The maximum Gasteiger partial charge on any atom is 0.253 e. The Morgan fingerprint density at radius 2 is 1.11 bits per heavy atom. The molecule has 0 radical (unpaired) electrons. The van der Waals surface area contributed by atoms with Crippen LogP contribution in [0.15, 0.2) is 54.6 Å². The zero-order valence-corrected chi connectivity index (χ0v) is 11.8. The summed E-state index contributed by atoms with van der Waals surface area (Å²) < 4.78 is 0.